The lowest BCUT2D eigenvalue weighted by Gasteiger charge is -2.10. The quantitative estimate of drug-likeness (QED) is 0.504. The van der Waals surface area contributed by atoms with Gasteiger partial charge in [-0.2, -0.15) is 5.10 Å². The third-order valence-corrected chi connectivity index (χ3v) is 4.17. The molecule has 0 aliphatic rings. The van der Waals surface area contributed by atoms with Gasteiger partial charge in [0.05, 0.1) is 0 Å². The van der Waals surface area contributed by atoms with E-state index in [1.807, 2.05) is 55.6 Å². The molecule has 0 radical (unpaired) electrons. The summed E-state index contributed by atoms with van der Waals surface area (Å²) in [6.07, 6.45) is 5.17. The number of carbonyl (C=O) groups is 1. The number of aryl methyl sites for hydroxylation is 1. The molecule has 0 aliphatic heterocycles. The van der Waals surface area contributed by atoms with Crippen LogP contribution in [-0.2, 0) is 0 Å². The van der Waals surface area contributed by atoms with Crippen LogP contribution in [0.2, 0.25) is 0 Å². The predicted octanol–water partition coefficient (Wildman–Crippen LogP) is 2.36. The van der Waals surface area contributed by atoms with Gasteiger partial charge >= 0.3 is 0 Å². The second-order valence-electron chi connectivity index (χ2n) is 6.17. The molecule has 28 heavy (non-hydrogen) atoms. The molecular formula is C20H19N7O. The number of nitrogens with one attached hydrogen (secondary N) is 2. The van der Waals surface area contributed by atoms with Gasteiger partial charge < -0.3 is 10.6 Å². The molecule has 0 aliphatic carbocycles. The zero-order valence-corrected chi connectivity index (χ0v) is 15.3. The standard InChI is InChI=1S/C20H19N7O/c1-14-25-17(13-18(26-14)27-12-4-8-24-27)21-10-11-23-20(28)19-16-6-3-2-5-15(16)7-9-22-19/h2-9,12-13H,10-11H2,1H3,(H,23,28)(H,21,25,26). The molecule has 0 unspecified atom stereocenters. The van der Waals surface area contributed by atoms with Crippen molar-refractivity contribution in [2.75, 3.05) is 18.4 Å². The number of benzene rings is 1. The average molecular weight is 373 g/mol. The number of nitrogens with zero attached hydrogens (tertiary/aromatic N) is 5. The van der Waals surface area contributed by atoms with E-state index in [2.05, 4.69) is 30.7 Å². The van der Waals surface area contributed by atoms with Crippen LogP contribution in [0, 0.1) is 6.92 Å². The number of hydrogen-bond acceptors (Lipinski definition) is 6. The van der Waals surface area contributed by atoms with E-state index >= 15 is 0 Å². The van der Waals surface area contributed by atoms with Crippen LogP contribution in [0.15, 0.2) is 61.1 Å². The summed E-state index contributed by atoms with van der Waals surface area (Å²) in [5, 5.41) is 12.1. The summed E-state index contributed by atoms with van der Waals surface area (Å²) < 4.78 is 1.67. The number of anilines is 1. The predicted molar refractivity (Wildman–Crippen MR) is 106 cm³/mol. The van der Waals surface area contributed by atoms with Crippen LogP contribution in [0.4, 0.5) is 5.82 Å². The van der Waals surface area contributed by atoms with Gasteiger partial charge in [-0.15, -0.1) is 0 Å². The number of pyridine rings is 1. The van der Waals surface area contributed by atoms with Gasteiger partial charge in [0, 0.05) is 43.1 Å². The van der Waals surface area contributed by atoms with Crippen molar-refractivity contribution < 1.29 is 4.79 Å². The van der Waals surface area contributed by atoms with Crippen molar-refractivity contribution in [1.29, 1.82) is 0 Å². The number of carbonyl (C=O) groups excluding carboxylic acids is 1. The molecule has 0 spiro atoms. The van der Waals surface area contributed by atoms with Crippen LogP contribution < -0.4 is 10.6 Å². The first-order chi connectivity index (χ1) is 13.7. The molecule has 0 fully saturated rings. The fourth-order valence-electron chi connectivity index (χ4n) is 2.92. The van der Waals surface area contributed by atoms with Gasteiger partial charge in [-0.1, -0.05) is 24.3 Å². The molecule has 4 aromatic rings. The van der Waals surface area contributed by atoms with E-state index in [1.54, 1.807) is 17.1 Å². The summed E-state index contributed by atoms with van der Waals surface area (Å²) in [5.74, 6) is 1.80. The Bertz CT molecular complexity index is 1100. The first kappa shape index (κ1) is 17.6. The molecule has 8 heteroatoms. The molecule has 0 saturated heterocycles. The largest absolute Gasteiger partial charge is 0.368 e. The minimum atomic E-state index is -0.199. The number of aromatic nitrogens is 5. The first-order valence-electron chi connectivity index (χ1n) is 8.92. The van der Waals surface area contributed by atoms with Crippen molar-refractivity contribution >= 4 is 22.5 Å². The number of rotatable bonds is 6. The molecule has 0 atom stereocenters. The second-order valence-corrected chi connectivity index (χ2v) is 6.17. The Hall–Kier alpha value is -3.81. The van der Waals surface area contributed by atoms with Gasteiger partial charge in [0.25, 0.3) is 5.91 Å². The van der Waals surface area contributed by atoms with Crippen molar-refractivity contribution in [3.8, 4) is 5.82 Å². The van der Waals surface area contributed by atoms with E-state index in [0.717, 1.165) is 10.8 Å². The minimum absolute atomic E-state index is 0.199. The number of amides is 1. The van der Waals surface area contributed by atoms with Crippen LogP contribution in [0.3, 0.4) is 0 Å². The third kappa shape index (κ3) is 3.80. The molecule has 1 aromatic carbocycles. The lowest BCUT2D eigenvalue weighted by atomic mass is 10.1. The highest BCUT2D eigenvalue weighted by Gasteiger charge is 2.11. The molecule has 2 N–H and O–H groups in total. The maximum Gasteiger partial charge on any atom is 0.270 e. The van der Waals surface area contributed by atoms with Gasteiger partial charge in [0.15, 0.2) is 5.82 Å². The van der Waals surface area contributed by atoms with E-state index in [9.17, 15) is 4.79 Å². The van der Waals surface area contributed by atoms with Gasteiger partial charge in [0.1, 0.15) is 17.3 Å². The molecule has 1 amide bonds. The van der Waals surface area contributed by atoms with E-state index in [-0.39, 0.29) is 5.91 Å². The molecule has 8 nitrogen and oxygen atoms in total. The molecule has 3 aromatic heterocycles. The Labute approximate surface area is 161 Å². The van der Waals surface area contributed by atoms with Gasteiger partial charge in [0.2, 0.25) is 0 Å². The van der Waals surface area contributed by atoms with Crippen LogP contribution in [0.1, 0.15) is 16.3 Å². The minimum Gasteiger partial charge on any atom is -0.368 e. The van der Waals surface area contributed by atoms with E-state index < -0.39 is 0 Å². The highest BCUT2D eigenvalue weighted by molar-refractivity contribution is 6.05. The SMILES string of the molecule is Cc1nc(NCCNC(=O)c2nccc3ccccc23)cc(-n2cccn2)n1. The number of hydrogen-bond donors (Lipinski definition) is 2. The Morgan fingerprint density at radius 3 is 2.82 bits per heavy atom. The Kier molecular flexibility index (Phi) is 4.92. The van der Waals surface area contributed by atoms with Crippen molar-refractivity contribution in [3.63, 3.8) is 0 Å². The fraction of sp³-hybridized carbons (Fsp3) is 0.150. The van der Waals surface area contributed by atoms with E-state index in [4.69, 9.17) is 0 Å². The summed E-state index contributed by atoms with van der Waals surface area (Å²) in [5.41, 5.74) is 0.428. The summed E-state index contributed by atoms with van der Waals surface area (Å²) in [7, 11) is 0. The normalized spacial score (nSPS) is 10.8. The van der Waals surface area contributed by atoms with Gasteiger partial charge in [-0.3, -0.25) is 9.78 Å². The maximum absolute atomic E-state index is 12.5. The van der Waals surface area contributed by atoms with Crippen molar-refractivity contribution in [3.05, 3.63) is 72.6 Å². The second kappa shape index (κ2) is 7.83. The van der Waals surface area contributed by atoms with Crippen LogP contribution in [0.5, 0.6) is 0 Å². The number of fused-ring (bicyclic) bond motifs is 1. The Balaban J connectivity index is 1.38. The zero-order chi connectivity index (χ0) is 19.3. The summed E-state index contributed by atoms with van der Waals surface area (Å²) in [6, 6.07) is 13.2. The smallest absolute Gasteiger partial charge is 0.270 e. The van der Waals surface area contributed by atoms with Crippen LogP contribution >= 0.6 is 0 Å². The van der Waals surface area contributed by atoms with Gasteiger partial charge in [-0.25, -0.2) is 14.6 Å². The van der Waals surface area contributed by atoms with Crippen molar-refractivity contribution in [2.45, 2.75) is 6.92 Å². The Morgan fingerprint density at radius 2 is 1.96 bits per heavy atom. The van der Waals surface area contributed by atoms with E-state index in [0.29, 0.717) is 36.2 Å². The molecule has 0 saturated carbocycles. The maximum atomic E-state index is 12.5. The van der Waals surface area contributed by atoms with Crippen molar-refractivity contribution in [1.82, 2.24) is 30.0 Å². The highest BCUT2D eigenvalue weighted by Crippen LogP contribution is 2.16. The van der Waals surface area contributed by atoms with Gasteiger partial charge in [-0.05, 0) is 24.4 Å². The lowest BCUT2D eigenvalue weighted by Crippen LogP contribution is -2.29. The summed E-state index contributed by atoms with van der Waals surface area (Å²) in [4.78, 5) is 25.5. The lowest BCUT2D eigenvalue weighted by molar-refractivity contribution is 0.0952. The molecule has 0 bridgehead atoms. The Morgan fingerprint density at radius 1 is 1.07 bits per heavy atom. The summed E-state index contributed by atoms with van der Waals surface area (Å²) in [6.45, 7) is 2.78. The average Bonchev–Trinajstić information content (AvgIpc) is 3.25. The highest BCUT2D eigenvalue weighted by atomic mass is 16.1. The zero-order valence-electron chi connectivity index (χ0n) is 15.3. The van der Waals surface area contributed by atoms with Crippen LogP contribution in [-0.4, -0.2) is 43.7 Å². The topological polar surface area (TPSA) is 97.6 Å². The van der Waals surface area contributed by atoms with Crippen molar-refractivity contribution in [2.24, 2.45) is 0 Å². The third-order valence-electron chi connectivity index (χ3n) is 4.17. The molecule has 140 valence electrons. The monoisotopic (exact) mass is 373 g/mol. The molecule has 3 heterocycles. The summed E-state index contributed by atoms with van der Waals surface area (Å²) >= 11 is 0. The molecule has 4 rings (SSSR count). The first-order valence-corrected chi connectivity index (χ1v) is 8.92. The van der Waals surface area contributed by atoms with E-state index in [1.165, 1.54) is 0 Å². The molecular weight excluding hydrogens is 354 g/mol. The fourth-order valence-corrected chi connectivity index (χ4v) is 2.92. The van der Waals surface area contributed by atoms with Crippen LogP contribution in [0.25, 0.3) is 16.6 Å².